The van der Waals surface area contributed by atoms with Crippen molar-refractivity contribution >= 4 is 28.9 Å². The number of nitrogens with one attached hydrogen (secondary N) is 2. The van der Waals surface area contributed by atoms with Gasteiger partial charge in [0.25, 0.3) is 5.91 Å². The summed E-state index contributed by atoms with van der Waals surface area (Å²) in [6, 6.07) is 7.12. The smallest absolute Gasteiger partial charge is 0.377 e. The van der Waals surface area contributed by atoms with Gasteiger partial charge in [0.05, 0.1) is 36.3 Å². The molecule has 0 saturated carbocycles. The quantitative estimate of drug-likeness (QED) is 0.594. The molecule has 1 amide bonds. The van der Waals surface area contributed by atoms with E-state index in [0.717, 1.165) is 18.0 Å². The van der Waals surface area contributed by atoms with Crippen molar-refractivity contribution in [1.29, 1.82) is 0 Å². The third-order valence-corrected chi connectivity index (χ3v) is 5.09. The predicted molar refractivity (Wildman–Crippen MR) is 117 cm³/mol. The third-order valence-electron chi connectivity index (χ3n) is 5.09. The molecule has 0 aromatic carbocycles. The second kappa shape index (κ2) is 9.41. The zero-order chi connectivity index (χ0) is 23.4. The second-order valence-corrected chi connectivity index (χ2v) is 7.45. The van der Waals surface area contributed by atoms with Crippen LogP contribution in [0.5, 0.6) is 0 Å². The van der Waals surface area contributed by atoms with Crippen molar-refractivity contribution < 1.29 is 22.7 Å². The number of carbonyl (C=O) groups is 1. The maximum Gasteiger partial charge on any atom is 0.417 e. The van der Waals surface area contributed by atoms with Crippen LogP contribution >= 0.6 is 0 Å². The average Bonchev–Trinajstić information content (AvgIpc) is 2.80. The molecular formula is C22H21F3N6O2. The largest absolute Gasteiger partial charge is 0.417 e. The second-order valence-electron chi connectivity index (χ2n) is 7.45. The summed E-state index contributed by atoms with van der Waals surface area (Å²) in [6.45, 7) is 3.92. The average molecular weight is 458 g/mol. The number of halogens is 3. The highest BCUT2D eigenvalue weighted by Crippen LogP contribution is 2.30. The highest BCUT2D eigenvalue weighted by molar-refractivity contribution is 6.06. The van der Waals surface area contributed by atoms with Crippen molar-refractivity contribution in [3.63, 3.8) is 0 Å². The van der Waals surface area contributed by atoms with Gasteiger partial charge in [0.2, 0.25) is 0 Å². The van der Waals surface area contributed by atoms with Crippen LogP contribution < -0.4 is 15.5 Å². The molecule has 0 aliphatic carbocycles. The fourth-order valence-electron chi connectivity index (χ4n) is 3.42. The Hall–Kier alpha value is -3.73. The normalized spacial score (nSPS) is 16.4. The van der Waals surface area contributed by atoms with Crippen LogP contribution in [0.3, 0.4) is 0 Å². The molecule has 0 unspecified atom stereocenters. The van der Waals surface area contributed by atoms with Crippen LogP contribution in [0.1, 0.15) is 22.8 Å². The molecule has 11 heteroatoms. The molecule has 3 aromatic heterocycles. The molecule has 1 aliphatic rings. The maximum absolute atomic E-state index is 12.9. The highest BCUT2D eigenvalue weighted by atomic mass is 19.4. The zero-order valence-electron chi connectivity index (χ0n) is 17.6. The molecule has 1 aliphatic heterocycles. The Bertz CT molecular complexity index is 1120. The van der Waals surface area contributed by atoms with E-state index in [-0.39, 0.29) is 23.6 Å². The number of morpholine rings is 1. The monoisotopic (exact) mass is 458 g/mol. The summed E-state index contributed by atoms with van der Waals surface area (Å²) in [4.78, 5) is 27.1. The number of carbonyl (C=O) groups excluding carboxylic acids is 1. The lowest BCUT2D eigenvalue weighted by Gasteiger charge is -2.36. The third kappa shape index (κ3) is 5.37. The number of rotatable bonds is 5. The van der Waals surface area contributed by atoms with Gasteiger partial charge in [-0.25, -0.2) is 9.97 Å². The zero-order valence-corrected chi connectivity index (χ0v) is 17.6. The molecule has 1 fully saturated rings. The van der Waals surface area contributed by atoms with Crippen LogP contribution in [0.2, 0.25) is 0 Å². The van der Waals surface area contributed by atoms with Crippen molar-refractivity contribution in [3.8, 4) is 0 Å². The molecule has 172 valence electrons. The number of nitrogens with zero attached hydrogens (tertiary/aromatic N) is 4. The lowest BCUT2D eigenvalue weighted by Crippen LogP contribution is -2.44. The Morgan fingerprint density at radius 2 is 1.97 bits per heavy atom. The van der Waals surface area contributed by atoms with E-state index in [1.807, 2.05) is 13.0 Å². The van der Waals surface area contributed by atoms with Crippen molar-refractivity contribution in [2.24, 2.45) is 0 Å². The topological polar surface area (TPSA) is 92.3 Å². The van der Waals surface area contributed by atoms with E-state index in [2.05, 4.69) is 30.5 Å². The summed E-state index contributed by atoms with van der Waals surface area (Å²) in [5.41, 5.74) is 0.864. The van der Waals surface area contributed by atoms with Gasteiger partial charge in [0.15, 0.2) is 0 Å². The lowest BCUT2D eigenvalue weighted by molar-refractivity contribution is -0.137. The van der Waals surface area contributed by atoms with Crippen LogP contribution in [-0.2, 0) is 10.9 Å². The molecule has 33 heavy (non-hydrogen) atoms. The number of hydrogen-bond acceptors (Lipinski definition) is 7. The molecule has 4 rings (SSSR count). The minimum Gasteiger partial charge on any atom is -0.377 e. The van der Waals surface area contributed by atoms with E-state index in [4.69, 9.17) is 4.74 Å². The Morgan fingerprint density at radius 1 is 1.12 bits per heavy atom. The van der Waals surface area contributed by atoms with Crippen LogP contribution in [-0.4, -0.2) is 46.7 Å². The number of pyridine rings is 3. The van der Waals surface area contributed by atoms with E-state index in [1.165, 1.54) is 24.4 Å². The minimum atomic E-state index is -4.47. The minimum absolute atomic E-state index is 0.143. The van der Waals surface area contributed by atoms with E-state index in [1.54, 1.807) is 12.4 Å². The molecular weight excluding hydrogens is 437 g/mol. The summed E-state index contributed by atoms with van der Waals surface area (Å²) < 4.78 is 43.6. The summed E-state index contributed by atoms with van der Waals surface area (Å²) in [7, 11) is 0. The van der Waals surface area contributed by atoms with Gasteiger partial charge in [-0.2, -0.15) is 13.2 Å². The highest BCUT2D eigenvalue weighted by Gasteiger charge is 2.30. The Balaban J connectivity index is 1.49. The molecule has 0 spiro atoms. The number of hydrogen-bond donors (Lipinski definition) is 2. The summed E-state index contributed by atoms with van der Waals surface area (Å²) >= 11 is 0. The van der Waals surface area contributed by atoms with Crippen molar-refractivity contribution in [3.05, 3.63) is 66.2 Å². The number of aromatic nitrogens is 3. The fourth-order valence-corrected chi connectivity index (χ4v) is 3.42. The van der Waals surface area contributed by atoms with Gasteiger partial charge >= 0.3 is 6.18 Å². The van der Waals surface area contributed by atoms with Gasteiger partial charge in [-0.1, -0.05) is 0 Å². The van der Waals surface area contributed by atoms with Gasteiger partial charge in [-0.15, -0.1) is 0 Å². The standard InChI is InChI=1S/C22H21F3N6O2/c1-14-13-33-9-8-31(14)18-5-6-26-12-17(18)29-21(32)15-4-7-27-20(10-15)30-19-3-2-16(11-28-19)22(23,24)25/h2-7,10-12,14H,8-9,13H2,1H3,(H,29,32)(H,27,28,30)/t14-/m0/s1. The van der Waals surface area contributed by atoms with Crippen LogP contribution in [0, 0.1) is 0 Å². The van der Waals surface area contributed by atoms with Gasteiger partial charge in [0.1, 0.15) is 11.6 Å². The molecule has 4 heterocycles. The number of alkyl halides is 3. The molecule has 8 nitrogen and oxygen atoms in total. The first-order valence-electron chi connectivity index (χ1n) is 10.2. The molecule has 2 N–H and O–H groups in total. The molecule has 1 saturated heterocycles. The fraction of sp³-hybridized carbons (Fsp3) is 0.273. The van der Waals surface area contributed by atoms with Gasteiger partial charge in [-0.3, -0.25) is 9.78 Å². The predicted octanol–water partition coefficient (Wildman–Crippen LogP) is 4.11. The van der Waals surface area contributed by atoms with Crippen molar-refractivity contribution in [1.82, 2.24) is 15.0 Å². The number of amides is 1. The molecule has 1 atom stereocenters. The first-order valence-corrected chi connectivity index (χ1v) is 10.2. The van der Waals surface area contributed by atoms with E-state index in [0.29, 0.717) is 31.0 Å². The van der Waals surface area contributed by atoms with Crippen LogP contribution in [0.4, 0.5) is 36.2 Å². The SMILES string of the molecule is C[C@H]1COCCN1c1ccncc1NC(=O)c1ccnc(Nc2ccc(C(F)(F)F)cn2)c1. The van der Waals surface area contributed by atoms with E-state index in [9.17, 15) is 18.0 Å². The maximum atomic E-state index is 12.9. The first kappa shape index (κ1) is 22.5. The summed E-state index contributed by atoms with van der Waals surface area (Å²) in [6.07, 6.45) is 0.942. The molecule has 0 bridgehead atoms. The van der Waals surface area contributed by atoms with Gasteiger partial charge < -0.3 is 20.3 Å². The summed E-state index contributed by atoms with van der Waals surface area (Å²) in [5.74, 6) is 0.0584. The molecule has 0 radical (unpaired) electrons. The summed E-state index contributed by atoms with van der Waals surface area (Å²) in [5, 5.41) is 5.69. The van der Waals surface area contributed by atoms with E-state index >= 15 is 0 Å². The lowest BCUT2D eigenvalue weighted by atomic mass is 10.2. The number of ether oxygens (including phenoxy) is 1. The first-order chi connectivity index (χ1) is 15.8. The van der Waals surface area contributed by atoms with Crippen LogP contribution in [0.15, 0.2) is 55.1 Å². The Kier molecular flexibility index (Phi) is 6.40. The van der Waals surface area contributed by atoms with E-state index < -0.39 is 11.7 Å². The van der Waals surface area contributed by atoms with Crippen molar-refractivity contribution in [2.75, 3.05) is 35.3 Å². The molecule has 3 aromatic rings. The Labute approximate surface area is 187 Å². The Morgan fingerprint density at radius 3 is 2.70 bits per heavy atom. The van der Waals surface area contributed by atoms with Gasteiger partial charge in [0, 0.05) is 36.7 Å². The van der Waals surface area contributed by atoms with Crippen molar-refractivity contribution in [2.45, 2.75) is 19.1 Å². The number of anilines is 4. The van der Waals surface area contributed by atoms with Crippen LogP contribution in [0.25, 0.3) is 0 Å². The van der Waals surface area contributed by atoms with Gasteiger partial charge in [-0.05, 0) is 37.3 Å².